The first-order valence-corrected chi connectivity index (χ1v) is 4.75. The summed E-state index contributed by atoms with van der Waals surface area (Å²) in [6, 6.07) is 1.95. The van der Waals surface area contributed by atoms with Crippen LogP contribution >= 0.6 is 23.7 Å². The largest absolute Gasteiger partial charge is 0.383 e. The molecule has 0 amide bonds. The fourth-order valence-corrected chi connectivity index (χ4v) is 2.16. The maximum Gasteiger partial charge on any atom is 0.135 e. The van der Waals surface area contributed by atoms with Crippen molar-refractivity contribution < 1.29 is 0 Å². The van der Waals surface area contributed by atoms with Crippen LogP contribution in [0.5, 0.6) is 0 Å². The molecule has 2 heterocycles. The number of nitrogen functional groups attached to an aromatic ring is 1. The summed E-state index contributed by atoms with van der Waals surface area (Å²) < 4.78 is 0. The van der Waals surface area contributed by atoms with Crippen molar-refractivity contribution in [3.8, 4) is 0 Å². The highest BCUT2D eigenvalue weighted by Gasteiger charge is 2.06. The molecule has 76 valence electrons. The van der Waals surface area contributed by atoms with Gasteiger partial charge < -0.3 is 11.5 Å². The Balaban J connectivity index is 0.000000980. The van der Waals surface area contributed by atoms with E-state index in [0.29, 0.717) is 18.2 Å². The van der Waals surface area contributed by atoms with Gasteiger partial charge in [-0.2, -0.15) is 0 Å². The normalized spacial score (nSPS) is 10.1. The van der Waals surface area contributed by atoms with E-state index in [0.717, 1.165) is 15.1 Å². The monoisotopic (exact) mass is 230 g/mol. The van der Waals surface area contributed by atoms with Gasteiger partial charge in [0.2, 0.25) is 0 Å². The van der Waals surface area contributed by atoms with Crippen molar-refractivity contribution in [1.82, 2.24) is 9.97 Å². The van der Waals surface area contributed by atoms with Gasteiger partial charge in [-0.1, -0.05) is 0 Å². The Hall–Kier alpha value is -0.910. The standard InChI is InChI=1S/C8H10N4S.ClH/c1-4-11-7(10)6-2-5(3-9)13-8(6)12-4;/h2H,3,9H2,1H3,(H2,10,11,12);1H. The second kappa shape index (κ2) is 4.08. The number of rotatable bonds is 1. The summed E-state index contributed by atoms with van der Waals surface area (Å²) in [6.45, 7) is 2.36. The van der Waals surface area contributed by atoms with Crippen LogP contribution in [0.3, 0.4) is 0 Å². The molecule has 0 bridgehead atoms. The molecule has 0 fully saturated rings. The molecule has 6 heteroatoms. The van der Waals surface area contributed by atoms with Gasteiger partial charge in [0.05, 0.1) is 5.39 Å². The van der Waals surface area contributed by atoms with Crippen molar-refractivity contribution in [2.75, 3.05) is 5.73 Å². The quantitative estimate of drug-likeness (QED) is 0.778. The molecule has 2 aromatic rings. The summed E-state index contributed by atoms with van der Waals surface area (Å²) >= 11 is 1.57. The number of anilines is 1. The van der Waals surface area contributed by atoms with Crippen molar-refractivity contribution in [2.24, 2.45) is 5.73 Å². The zero-order chi connectivity index (χ0) is 9.42. The van der Waals surface area contributed by atoms with E-state index in [1.165, 1.54) is 0 Å². The second-order valence-corrected chi connectivity index (χ2v) is 3.91. The summed E-state index contributed by atoms with van der Waals surface area (Å²) in [7, 11) is 0. The minimum absolute atomic E-state index is 0. The molecule has 2 aromatic heterocycles. The molecule has 0 aliphatic rings. The van der Waals surface area contributed by atoms with Crippen molar-refractivity contribution in [3.63, 3.8) is 0 Å². The van der Waals surface area contributed by atoms with Crippen molar-refractivity contribution in [2.45, 2.75) is 13.5 Å². The van der Waals surface area contributed by atoms with E-state index in [4.69, 9.17) is 11.5 Å². The number of nitrogens with zero attached hydrogens (tertiary/aromatic N) is 2. The summed E-state index contributed by atoms with van der Waals surface area (Å²) in [6.07, 6.45) is 0. The van der Waals surface area contributed by atoms with E-state index < -0.39 is 0 Å². The molecule has 0 saturated heterocycles. The van der Waals surface area contributed by atoms with E-state index in [1.54, 1.807) is 11.3 Å². The molecule has 0 spiro atoms. The van der Waals surface area contributed by atoms with E-state index >= 15 is 0 Å². The molecule has 0 radical (unpaired) electrons. The van der Waals surface area contributed by atoms with Gasteiger partial charge >= 0.3 is 0 Å². The fourth-order valence-electron chi connectivity index (χ4n) is 1.20. The Bertz CT molecular complexity index is 454. The first-order chi connectivity index (χ1) is 6.20. The summed E-state index contributed by atoms with van der Waals surface area (Å²) in [5.74, 6) is 1.24. The molecule has 4 N–H and O–H groups in total. The predicted molar refractivity (Wildman–Crippen MR) is 61.7 cm³/mol. The highest BCUT2D eigenvalue weighted by Crippen LogP contribution is 2.26. The maximum absolute atomic E-state index is 5.74. The van der Waals surface area contributed by atoms with Crippen molar-refractivity contribution in [3.05, 3.63) is 16.8 Å². The van der Waals surface area contributed by atoms with Crippen LogP contribution in [-0.4, -0.2) is 9.97 Å². The lowest BCUT2D eigenvalue weighted by atomic mass is 10.3. The van der Waals surface area contributed by atoms with Gasteiger partial charge in [0, 0.05) is 11.4 Å². The number of fused-ring (bicyclic) bond motifs is 1. The molecule has 2 rings (SSSR count). The zero-order valence-corrected chi connectivity index (χ0v) is 9.28. The number of thiophene rings is 1. The number of hydrogen-bond donors (Lipinski definition) is 2. The Labute approximate surface area is 91.8 Å². The maximum atomic E-state index is 5.74. The third kappa shape index (κ3) is 1.79. The topological polar surface area (TPSA) is 77.8 Å². The SMILES string of the molecule is Cc1nc(N)c2cc(CN)sc2n1.Cl. The lowest BCUT2D eigenvalue weighted by Gasteiger charge is -1.95. The molecule has 0 aliphatic carbocycles. The second-order valence-electron chi connectivity index (χ2n) is 2.79. The summed E-state index contributed by atoms with van der Waals surface area (Å²) in [4.78, 5) is 10.4. The smallest absolute Gasteiger partial charge is 0.135 e. The number of nitrogens with two attached hydrogens (primary N) is 2. The van der Waals surface area contributed by atoms with Gasteiger partial charge in [-0.25, -0.2) is 9.97 Å². The molecular formula is C8H11ClN4S. The van der Waals surface area contributed by atoms with Gasteiger partial charge in [0.15, 0.2) is 0 Å². The first kappa shape index (κ1) is 11.2. The van der Waals surface area contributed by atoms with Crippen LogP contribution in [0, 0.1) is 6.92 Å². The van der Waals surface area contributed by atoms with Crippen LogP contribution in [0.1, 0.15) is 10.7 Å². The summed E-state index contributed by atoms with van der Waals surface area (Å²) in [5, 5.41) is 0.913. The van der Waals surface area contributed by atoms with Gasteiger partial charge in [-0.05, 0) is 13.0 Å². The first-order valence-electron chi connectivity index (χ1n) is 3.93. The zero-order valence-electron chi connectivity index (χ0n) is 7.65. The van der Waals surface area contributed by atoms with Gasteiger partial charge in [-0.15, -0.1) is 23.7 Å². The minimum atomic E-state index is 0. The Kier molecular flexibility index (Phi) is 3.25. The minimum Gasteiger partial charge on any atom is -0.383 e. The third-order valence-corrected chi connectivity index (χ3v) is 2.84. The average Bonchev–Trinajstić information content (AvgIpc) is 2.47. The lowest BCUT2D eigenvalue weighted by molar-refractivity contribution is 1.10. The molecule has 0 aliphatic heterocycles. The number of aryl methyl sites for hydroxylation is 1. The lowest BCUT2D eigenvalue weighted by Crippen LogP contribution is -1.94. The van der Waals surface area contributed by atoms with Crippen LogP contribution in [0.2, 0.25) is 0 Å². The number of halogens is 1. The molecule has 0 unspecified atom stereocenters. The van der Waals surface area contributed by atoms with E-state index in [2.05, 4.69) is 9.97 Å². The van der Waals surface area contributed by atoms with Crippen LogP contribution in [0.4, 0.5) is 5.82 Å². The number of aromatic nitrogens is 2. The van der Waals surface area contributed by atoms with Crippen LogP contribution < -0.4 is 11.5 Å². The predicted octanol–water partition coefficient (Wildman–Crippen LogP) is 1.46. The fraction of sp³-hybridized carbons (Fsp3) is 0.250. The van der Waals surface area contributed by atoms with Crippen molar-refractivity contribution in [1.29, 1.82) is 0 Å². The van der Waals surface area contributed by atoms with E-state index in [9.17, 15) is 0 Å². The van der Waals surface area contributed by atoms with Crippen LogP contribution in [0.25, 0.3) is 10.2 Å². The van der Waals surface area contributed by atoms with Crippen LogP contribution in [0.15, 0.2) is 6.07 Å². The van der Waals surface area contributed by atoms with E-state index in [1.807, 2.05) is 13.0 Å². The molecule has 4 nitrogen and oxygen atoms in total. The molecular weight excluding hydrogens is 220 g/mol. The highest BCUT2D eigenvalue weighted by atomic mass is 35.5. The van der Waals surface area contributed by atoms with Crippen molar-refractivity contribution >= 4 is 39.8 Å². The average molecular weight is 231 g/mol. The Morgan fingerprint density at radius 1 is 1.43 bits per heavy atom. The number of hydrogen-bond acceptors (Lipinski definition) is 5. The molecule has 0 saturated carbocycles. The highest BCUT2D eigenvalue weighted by molar-refractivity contribution is 7.18. The molecule has 0 aromatic carbocycles. The molecule has 14 heavy (non-hydrogen) atoms. The van der Waals surface area contributed by atoms with E-state index in [-0.39, 0.29) is 12.4 Å². The van der Waals surface area contributed by atoms with Gasteiger partial charge in [0.25, 0.3) is 0 Å². The Morgan fingerprint density at radius 2 is 2.14 bits per heavy atom. The third-order valence-electron chi connectivity index (χ3n) is 1.79. The van der Waals surface area contributed by atoms with Crippen LogP contribution in [-0.2, 0) is 6.54 Å². The Morgan fingerprint density at radius 3 is 2.79 bits per heavy atom. The summed E-state index contributed by atoms with van der Waals surface area (Å²) in [5.41, 5.74) is 11.3. The van der Waals surface area contributed by atoms with Gasteiger partial charge in [-0.3, -0.25) is 0 Å². The van der Waals surface area contributed by atoms with Gasteiger partial charge in [0.1, 0.15) is 16.5 Å². The molecule has 0 atom stereocenters.